The van der Waals surface area contributed by atoms with E-state index in [1.165, 1.54) is 4.57 Å². The van der Waals surface area contributed by atoms with Gasteiger partial charge >= 0.3 is 0 Å². The van der Waals surface area contributed by atoms with E-state index in [1.54, 1.807) is 31.4 Å². The lowest BCUT2D eigenvalue weighted by Crippen LogP contribution is -2.19. The number of carbonyl (C=O) groups excluding carboxylic acids is 1. The van der Waals surface area contributed by atoms with Gasteiger partial charge in [0.25, 0.3) is 11.5 Å². The lowest BCUT2D eigenvalue weighted by Gasteiger charge is -2.06. The third kappa shape index (κ3) is 2.96. The van der Waals surface area contributed by atoms with E-state index in [0.29, 0.717) is 10.2 Å². The lowest BCUT2D eigenvalue weighted by atomic mass is 10.3. The smallest absolute Gasteiger partial charge is 0.291 e. The molecule has 2 heterocycles. The number of carbonyl (C=O) groups is 1. The van der Waals surface area contributed by atoms with Crippen LogP contribution in [-0.2, 0) is 13.5 Å². The van der Waals surface area contributed by atoms with E-state index in [9.17, 15) is 9.59 Å². The summed E-state index contributed by atoms with van der Waals surface area (Å²) in [6, 6.07) is 4.96. The fraction of sp³-hybridized carbons (Fsp3) is 0.231. The summed E-state index contributed by atoms with van der Waals surface area (Å²) in [7, 11) is 1.62. The number of hydrogen-bond donors (Lipinski definition) is 1. The van der Waals surface area contributed by atoms with Gasteiger partial charge in [0, 0.05) is 19.7 Å². The summed E-state index contributed by atoms with van der Waals surface area (Å²) in [5, 5.41) is 2.68. The minimum Gasteiger partial charge on any atom is -0.456 e. The zero-order valence-electron chi connectivity index (χ0n) is 10.6. The molecule has 0 unspecified atom stereocenters. The second-order valence-corrected chi connectivity index (χ2v) is 4.92. The monoisotopic (exact) mass is 324 g/mol. The highest BCUT2D eigenvalue weighted by Crippen LogP contribution is 2.14. The van der Waals surface area contributed by atoms with Crippen LogP contribution in [0.15, 0.2) is 38.1 Å². The maximum atomic E-state index is 11.9. The van der Waals surface area contributed by atoms with E-state index in [1.807, 2.05) is 6.92 Å². The molecule has 0 aliphatic carbocycles. The molecule has 19 heavy (non-hydrogen) atoms. The predicted octanol–water partition coefficient (Wildman–Crippen LogP) is 2.56. The highest BCUT2D eigenvalue weighted by molar-refractivity contribution is 9.10. The van der Waals surface area contributed by atoms with Crippen molar-refractivity contribution in [2.45, 2.75) is 13.3 Å². The number of nitrogens with one attached hydrogen (secondary N) is 1. The Morgan fingerprint density at radius 2 is 2.21 bits per heavy atom. The van der Waals surface area contributed by atoms with Crippen molar-refractivity contribution in [3.05, 3.63) is 50.7 Å². The average molecular weight is 325 g/mol. The zero-order valence-corrected chi connectivity index (χ0v) is 12.2. The Morgan fingerprint density at radius 1 is 1.47 bits per heavy atom. The number of furan rings is 1. The first kappa shape index (κ1) is 13.6. The molecular formula is C13H13BrN2O3. The molecule has 0 saturated heterocycles. The predicted molar refractivity (Wildman–Crippen MR) is 75.4 cm³/mol. The van der Waals surface area contributed by atoms with E-state index in [-0.39, 0.29) is 17.2 Å². The van der Waals surface area contributed by atoms with E-state index >= 15 is 0 Å². The standard InChI is InChI=1S/C13H13BrN2O3/c1-3-9-4-5-11(19-9)12(17)15-8-6-10(14)13(18)16(2)7-8/h4-7H,3H2,1-2H3,(H,15,17). The molecular weight excluding hydrogens is 312 g/mol. The number of rotatable bonds is 3. The molecule has 0 aliphatic rings. The molecule has 0 atom stereocenters. The largest absolute Gasteiger partial charge is 0.456 e. The van der Waals surface area contributed by atoms with Gasteiger partial charge in [0.05, 0.1) is 10.2 Å². The number of anilines is 1. The van der Waals surface area contributed by atoms with Crippen molar-refractivity contribution in [3.63, 3.8) is 0 Å². The zero-order chi connectivity index (χ0) is 14.0. The van der Waals surface area contributed by atoms with Crippen molar-refractivity contribution in [3.8, 4) is 0 Å². The maximum absolute atomic E-state index is 11.9. The highest BCUT2D eigenvalue weighted by Gasteiger charge is 2.12. The van der Waals surface area contributed by atoms with Crippen LogP contribution < -0.4 is 10.9 Å². The fourth-order valence-corrected chi connectivity index (χ4v) is 2.15. The van der Waals surface area contributed by atoms with Crippen molar-refractivity contribution >= 4 is 27.5 Å². The molecule has 1 N–H and O–H groups in total. The molecule has 0 spiro atoms. The van der Waals surface area contributed by atoms with Crippen LogP contribution >= 0.6 is 15.9 Å². The summed E-state index contributed by atoms with van der Waals surface area (Å²) in [5.41, 5.74) is 0.359. The first-order chi connectivity index (χ1) is 9.01. The van der Waals surface area contributed by atoms with Gasteiger partial charge in [0.2, 0.25) is 0 Å². The normalized spacial score (nSPS) is 10.5. The molecule has 2 rings (SSSR count). The summed E-state index contributed by atoms with van der Waals surface area (Å²) < 4.78 is 7.14. The van der Waals surface area contributed by atoms with E-state index < -0.39 is 0 Å². The molecule has 5 nitrogen and oxygen atoms in total. The minimum atomic E-state index is -0.342. The molecule has 0 bridgehead atoms. The van der Waals surface area contributed by atoms with Crippen molar-refractivity contribution in [1.29, 1.82) is 0 Å². The Kier molecular flexibility index (Phi) is 3.90. The third-order valence-corrected chi connectivity index (χ3v) is 3.20. The number of halogens is 1. The van der Waals surface area contributed by atoms with Crippen LogP contribution in [0.4, 0.5) is 5.69 Å². The highest BCUT2D eigenvalue weighted by atomic mass is 79.9. The Bertz CT molecular complexity index is 647. The van der Waals surface area contributed by atoms with E-state index in [2.05, 4.69) is 21.2 Å². The van der Waals surface area contributed by atoms with E-state index in [0.717, 1.165) is 12.2 Å². The molecule has 100 valence electrons. The Balaban J connectivity index is 2.21. The lowest BCUT2D eigenvalue weighted by molar-refractivity contribution is 0.0995. The summed E-state index contributed by atoms with van der Waals surface area (Å²) in [6.45, 7) is 1.95. The van der Waals surface area contributed by atoms with Gasteiger partial charge in [-0.25, -0.2) is 0 Å². The van der Waals surface area contributed by atoms with Crippen LogP contribution in [0.2, 0.25) is 0 Å². The topological polar surface area (TPSA) is 64.2 Å². The minimum absolute atomic E-state index is 0.163. The van der Waals surface area contributed by atoms with Gasteiger partial charge in [0.1, 0.15) is 5.76 Å². The number of aryl methyl sites for hydroxylation is 2. The molecule has 0 fully saturated rings. The van der Waals surface area contributed by atoms with Gasteiger partial charge in [-0.2, -0.15) is 0 Å². The molecule has 0 aromatic carbocycles. The van der Waals surface area contributed by atoms with Gasteiger partial charge in [-0.1, -0.05) is 6.92 Å². The van der Waals surface area contributed by atoms with Crippen LogP contribution in [0.1, 0.15) is 23.2 Å². The number of hydrogen-bond acceptors (Lipinski definition) is 3. The summed E-state index contributed by atoms with van der Waals surface area (Å²) in [5.74, 6) is 0.666. The molecule has 1 amide bonds. The molecule has 6 heteroatoms. The molecule has 0 saturated carbocycles. The molecule has 2 aromatic rings. The van der Waals surface area contributed by atoms with Gasteiger partial charge in [0.15, 0.2) is 5.76 Å². The van der Waals surface area contributed by atoms with E-state index in [4.69, 9.17) is 4.42 Å². The van der Waals surface area contributed by atoms with Crippen molar-refractivity contribution in [2.24, 2.45) is 7.05 Å². The van der Waals surface area contributed by atoms with Crippen LogP contribution in [0.3, 0.4) is 0 Å². The molecule has 2 aromatic heterocycles. The Labute approximate surface area is 118 Å². The number of aromatic nitrogens is 1. The van der Waals surface area contributed by atoms with Crippen molar-refractivity contribution in [1.82, 2.24) is 4.57 Å². The second kappa shape index (κ2) is 5.44. The summed E-state index contributed by atoms with van der Waals surface area (Å²) in [6.07, 6.45) is 2.29. The van der Waals surface area contributed by atoms with Crippen LogP contribution in [-0.4, -0.2) is 10.5 Å². The SMILES string of the molecule is CCc1ccc(C(=O)Nc2cc(Br)c(=O)n(C)c2)o1. The van der Waals surface area contributed by atoms with Crippen molar-refractivity contribution in [2.75, 3.05) is 5.32 Å². The average Bonchev–Trinajstić information content (AvgIpc) is 2.84. The maximum Gasteiger partial charge on any atom is 0.291 e. The van der Waals surface area contributed by atoms with Crippen LogP contribution in [0.25, 0.3) is 0 Å². The van der Waals surface area contributed by atoms with Crippen LogP contribution in [0.5, 0.6) is 0 Å². The molecule has 0 radical (unpaired) electrons. The van der Waals surface area contributed by atoms with Gasteiger partial charge < -0.3 is 14.3 Å². The first-order valence-electron chi connectivity index (χ1n) is 5.77. The summed E-state index contributed by atoms with van der Waals surface area (Å²) in [4.78, 5) is 23.4. The number of nitrogens with zero attached hydrogens (tertiary/aromatic N) is 1. The summed E-state index contributed by atoms with van der Waals surface area (Å²) >= 11 is 3.15. The van der Waals surface area contributed by atoms with Gasteiger partial charge in [-0.05, 0) is 34.1 Å². The Morgan fingerprint density at radius 3 is 2.79 bits per heavy atom. The third-order valence-electron chi connectivity index (χ3n) is 2.63. The van der Waals surface area contributed by atoms with Gasteiger partial charge in [-0.15, -0.1) is 0 Å². The first-order valence-corrected chi connectivity index (χ1v) is 6.56. The van der Waals surface area contributed by atoms with Crippen LogP contribution in [0, 0.1) is 0 Å². The number of pyridine rings is 1. The second-order valence-electron chi connectivity index (χ2n) is 4.07. The quantitative estimate of drug-likeness (QED) is 0.943. The number of amides is 1. The molecule has 0 aliphatic heterocycles. The van der Waals surface area contributed by atoms with Crippen molar-refractivity contribution < 1.29 is 9.21 Å². The van der Waals surface area contributed by atoms with Gasteiger partial charge in [-0.3, -0.25) is 9.59 Å². The Hall–Kier alpha value is -1.82. The fourth-order valence-electron chi connectivity index (χ4n) is 1.62.